The lowest BCUT2D eigenvalue weighted by Gasteiger charge is -2.11. The standard InChI is InChI=1S/C9H12ClNO5S2/c1-6-3-7(10)4-8(9(6)12)11-18(15,16)5-17(2,13)14/h3-4,11-12H,5H2,1-2H3. The minimum absolute atomic E-state index is 0.149. The molecule has 0 heterocycles. The number of halogens is 1. The third kappa shape index (κ3) is 4.35. The van der Waals surface area contributed by atoms with E-state index in [4.69, 9.17) is 11.6 Å². The van der Waals surface area contributed by atoms with Crippen LogP contribution in [-0.4, -0.2) is 33.3 Å². The lowest BCUT2D eigenvalue weighted by molar-refractivity contribution is 0.473. The molecule has 0 radical (unpaired) electrons. The first-order valence-electron chi connectivity index (χ1n) is 4.67. The summed E-state index contributed by atoms with van der Waals surface area (Å²) in [6, 6.07) is 2.65. The van der Waals surface area contributed by atoms with Crippen LogP contribution in [0.25, 0.3) is 0 Å². The van der Waals surface area contributed by atoms with Gasteiger partial charge >= 0.3 is 0 Å². The van der Waals surface area contributed by atoms with E-state index in [-0.39, 0.29) is 16.5 Å². The topological polar surface area (TPSA) is 101 Å². The Balaban J connectivity index is 3.13. The number of benzene rings is 1. The molecule has 102 valence electrons. The molecule has 0 spiro atoms. The van der Waals surface area contributed by atoms with Gasteiger partial charge in [0.1, 0.15) is 5.75 Å². The fourth-order valence-corrected chi connectivity index (χ4v) is 4.55. The van der Waals surface area contributed by atoms with Gasteiger partial charge in [0, 0.05) is 11.3 Å². The number of sulfonamides is 1. The van der Waals surface area contributed by atoms with E-state index in [0.29, 0.717) is 5.56 Å². The number of rotatable bonds is 4. The zero-order valence-electron chi connectivity index (χ0n) is 9.64. The quantitative estimate of drug-likeness (QED) is 0.811. The van der Waals surface area contributed by atoms with E-state index in [1.807, 2.05) is 4.72 Å². The third-order valence-corrected chi connectivity index (χ3v) is 5.60. The first kappa shape index (κ1) is 15.1. The van der Waals surface area contributed by atoms with Crippen LogP contribution < -0.4 is 4.72 Å². The molecule has 1 aromatic rings. The summed E-state index contributed by atoms with van der Waals surface area (Å²) in [6.07, 6.45) is 0.801. The van der Waals surface area contributed by atoms with E-state index in [1.54, 1.807) is 0 Å². The molecule has 0 aromatic heterocycles. The van der Waals surface area contributed by atoms with Crippen molar-refractivity contribution in [1.82, 2.24) is 0 Å². The molecule has 2 N–H and O–H groups in total. The number of phenols is 1. The van der Waals surface area contributed by atoms with E-state index < -0.39 is 24.9 Å². The number of aromatic hydroxyl groups is 1. The molecule has 0 fully saturated rings. The van der Waals surface area contributed by atoms with Gasteiger partial charge in [-0.1, -0.05) is 11.6 Å². The van der Waals surface area contributed by atoms with Crippen molar-refractivity contribution in [1.29, 1.82) is 0 Å². The monoisotopic (exact) mass is 313 g/mol. The molecule has 9 heteroatoms. The molecule has 0 aliphatic rings. The van der Waals surface area contributed by atoms with Gasteiger partial charge in [0.2, 0.25) is 10.0 Å². The highest BCUT2D eigenvalue weighted by Crippen LogP contribution is 2.31. The zero-order chi connectivity index (χ0) is 14.1. The maximum absolute atomic E-state index is 11.5. The van der Waals surface area contributed by atoms with Crippen molar-refractivity contribution in [2.75, 3.05) is 16.1 Å². The highest BCUT2D eigenvalue weighted by molar-refractivity contribution is 8.08. The van der Waals surface area contributed by atoms with Crippen LogP contribution in [0.5, 0.6) is 5.75 Å². The second-order valence-electron chi connectivity index (χ2n) is 3.88. The number of nitrogens with one attached hydrogen (secondary N) is 1. The van der Waals surface area contributed by atoms with Crippen molar-refractivity contribution in [3.8, 4) is 5.75 Å². The normalized spacial score (nSPS) is 12.4. The molecule has 18 heavy (non-hydrogen) atoms. The number of hydrogen-bond acceptors (Lipinski definition) is 5. The van der Waals surface area contributed by atoms with Gasteiger partial charge in [-0.2, -0.15) is 0 Å². The minimum atomic E-state index is -4.10. The van der Waals surface area contributed by atoms with Crippen molar-refractivity contribution in [2.45, 2.75) is 6.92 Å². The van der Waals surface area contributed by atoms with E-state index in [1.165, 1.54) is 19.1 Å². The van der Waals surface area contributed by atoms with Gasteiger partial charge in [-0.05, 0) is 24.6 Å². The molecule has 1 aromatic carbocycles. The maximum atomic E-state index is 11.5. The second kappa shape index (κ2) is 4.94. The van der Waals surface area contributed by atoms with Gasteiger partial charge in [-0.3, -0.25) is 4.72 Å². The number of anilines is 1. The van der Waals surface area contributed by atoms with Crippen molar-refractivity contribution in [2.24, 2.45) is 0 Å². The Labute approximate surface area is 111 Å². The van der Waals surface area contributed by atoms with Crippen molar-refractivity contribution in [3.05, 3.63) is 22.7 Å². The van der Waals surface area contributed by atoms with Crippen LogP contribution in [0.3, 0.4) is 0 Å². The van der Waals surface area contributed by atoms with Crippen molar-refractivity contribution >= 4 is 37.1 Å². The van der Waals surface area contributed by atoms with Gasteiger partial charge < -0.3 is 5.11 Å². The Morgan fingerprint density at radius 2 is 1.83 bits per heavy atom. The first-order valence-corrected chi connectivity index (χ1v) is 8.76. The van der Waals surface area contributed by atoms with Gasteiger partial charge in [0.25, 0.3) is 0 Å². The average molecular weight is 314 g/mol. The summed E-state index contributed by atoms with van der Waals surface area (Å²) in [5.41, 5.74) is 0.225. The Morgan fingerprint density at radius 3 is 2.33 bits per heavy atom. The largest absolute Gasteiger partial charge is 0.505 e. The predicted molar refractivity (Wildman–Crippen MR) is 70.1 cm³/mol. The Morgan fingerprint density at radius 1 is 1.28 bits per heavy atom. The third-order valence-electron chi connectivity index (χ3n) is 1.90. The highest BCUT2D eigenvalue weighted by Gasteiger charge is 2.20. The SMILES string of the molecule is Cc1cc(Cl)cc(NS(=O)(=O)CS(C)(=O)=O)c1O. The minimum Gasteiger partial charge on any atom is -0.505 e. The molecule has 0 atom stereocenters. The summed E-state index contributed by atoms with van der Waals surface area (Å²) in [6.45, 7) is 1.54. The molecule has 0 saturated heterocycles. The van der Waals surface area contributed by atoms with Crippen LogP contribution >= 0.6 is 11.6 Å². The Bertz CT molecular complexity index is 666. The van der Waals surface area contributed by atoms with E-state index >= 15 is 0 Å². The second-order valence-corrected chi connectivity index (χ2v) is 8.54. The van der Waals surface area contributed by atoms with Crippen LogP contribution in [0.4, 0.5) is 5.69 Å². The molecular weight excluding hydrogens is 302 g/mol. The zero-order valence-corrected chi connectivity index (χ0v) is 12.0. The first-order chi connectivity index (χ1) is 8.00. The predicted octanol–water partition coefficient (Wildman–Crippen LogP) is 1.10. The van der Waals surface area contributed by atoms with Crippen LogP contribution in [0.1, 0.15) is 5.56 Å². The van der Waals surface area contributed by atoms with Crippen LogP contribution in [0, 0.1) is 6.92 Å². The fourth-order valence-electron chi connectivity index (χ4n) is 1.29. The fraction of sp³-hybridized carbons (Fsp3) is 0.333. The molecular formula is C9H12ClNO5S2. The molecule has 0 saturated carbocycles. The van der Waals surface area contributed by atoms with Gasteiger partial charge in [0.15, 0.2) is 14.9 Å². The van der Waals surface area contributed by atoms with Crippen molar-refractivity contribution < 1.29 is 21.9 Å². The molecule has 0 aliphatic carbocycles. The molecule has 6 nitrogen and oxygen atoms in total. The summed E-state index contributed by atoms with van der Waals surface area (Å²) in [4.78, 5) is 0. The van der Waals surface area contributed by atoms with E-state index in [9.17, 15) is 21.9 Å². The lowest BCUT2D eigenvalue weighted by Crippen LogP contribution is -2.22. The Kier molecular flexibility index (Phi) is 4.14. The number of aryl methyl sites for hydroxylation is 1. The van der Waals surface area contributed by atoms with Crippen LogP contribution in [0.15, 0.2) is 12.1 Å². The summed E-state index contributed by atoms with van der Waals surface area (Å²) < 4.78 is 47.0. The van der Waals surface area contributed by atoms with E-state index in [0.717, 1.165) is 6.26 Å². The smallest absolute Gasteiger partial charge is 0.247 e. The number of phenolic OH excluding ortho intramolecular Hbond substituents is 1. The van der Waals surface area contributed by atoms with Crippen LogP contribution in [0.2, 0.25) is 5.02 Å². The molecule has 0 bridgehead atoms. The van der Waals surface area contributed by atoms with Gasteiger partial charge in [-0.25, -0.2) is 16.8 Å². The van der Waals surface area contributed by atoms with E-state index in [2.05, 4.69) is 0 Å². The highest BCUT2D eigenvalue weighted by atomic mass is 35.5. The number of hydrogen-bond donors (Lipinski definition) is 2. The van der Waals surface area contributed by atoms with Gasteiger partial charge in [-0.15, -0.1) is 0 Å². The Hall–Kier alpha value is -0.990. The molecule has 0 aliphatic heterocycles. The number of sulfone groups is 1. The average Bonchev–Trinajstić information content (AvgIpc) is 2.08. The van der Waals surface area contributed by atoms with Crippen molar-refractivity contribution in [3.63, 3.8) is 0 Å². The summed E-state index contributed by atoms with van der Waals surface area (Å²) in [5, 5.41) is 8.81. The van der Waals surface area contributed by atoms with Crippen LogP contribution in [-0.2, 0) is 19.9 Å². The van der Waals surface area contributed by atoms with Gasteiger partial charge in [0.05, 0.1) is 5.69 Å². The lowest BCUT2D eigenvalue weighted by atomic mass is 10.2. The summed E-state index contributed by atoms with van der Waals surface area (Å²) in [7, 11) is -7.81. The molecule has 0 amide bonds. The molecule has 1 rings (SSSR count). The molecule has 0 unspecified atom stereocenters. The summed E-state index contributed by atoms with van der Waals surface area (Å²) in [5.74, 6) is -0.295. The summed E-state index contributed by atoms with van der Waals surface area (Å²) >= 11 is 5.72. The maximum Gasteiger partial charge on any atom is 0.247 e.